The Morgan fingerprint density at radius 2 is 1.95 bits per heavy atom. The van der Waals surface area contributed by atoms with Crippen LogP contribution < -0.4 is 10.6 Å². The Hall–Kier alpha value is -1.43. The first-order chi connectivity index (χ1) is 8.77. The summed E-state index contributed by atoms with van der Waals surface area (Å²) in [6.07, 6.45) is -4.37. The topological polar surface area (TPSA) is 38.5 Å². The largest absolute Gasteiger partial charge is 0.416 e. The number of rotatable bonds is 5. The van der Waals surface area contributed by atoms with Crippen LogP contribution in [0.2, 0.25) is 0 Å². The normalized spacial score (nSPS) is 11.9. The van der Waals surface area contributed by atoms with Crippen LogP contribution in [0.4, 0.5) is 24.5 Å². The summed E-state index contributed by atoms with van der Waals surface area (Å²) in [5, 5.41) is 0. The van der Waals surface area contributed by atoms with Crippen molar-refractivity contribution in [3.05, 3.63) is 23.8 Å². The van der Waals surface area contributed by atoms with Crippen LogP contribution in [0.3, 0.4) is 0 Å². The second kappa shape index (κ2) is 6.14. The number of halogens is 3. The molecule has 19 heavy (non-hydrogen) atoms. The lowest BCUT2D eigenvalue weighted by molar-refractivity contribution is -0.137. The minimum atomic E-state index is -4.37. The maximum absolute atomic E-state index is 12.6. The van der Waals surface area contributed by atoms with Crippen molar-refractivity contribution in [2.45, 2.75) is 26.1 Å². The number of nitrogens with zero attached hydrogens (tertiary/aromatic N) is 1. The zero-order valence-electron chi connectivity index (χ0n) is 11.3. The molecule has 0 fully saturated rings. The van der Waals surface area contributed by atoms with E-state index in [4.69, 9.17) is 10.5 Å². The van der Waals surface area contributed by atoms with E-state index in [-0.39, 0.29) is 11.7 Å². The number of benzene rings is 1. The van der Waals surface area contributed by atoms with E-state index in [9.17, 15) is 13.2 Å². The maximum Gasteiger partial charge on any atom is 0.416 e. The first-order valence-corrected chi connectivity index (χ1v) is 5.99. The van der Waals surface area contributed by atoms with Gasteiger partial charge in [-0.25, -0.2) is 0 Å². The Labute approximate surface area is 111 Å². The summed E-state index contributed by atoms with van der Waals surface area (Å²) in [6.45, 7) is 4.96. The Kier molecular flexibility index (Phi) is 5.05. The number of methoxy groups -OCH3 is 1. The van der Waals surface area contributed by atoms with Gasteiger partial charge in [-0.05, 0) is 32.0 Å². The van der Waals surface area contributed by atoms with Gasteiger partial charge in [0.15, 0.2) is 0 Å². The summed E-state index contributed by atoms with van der Waals surface area (Å²) in [5.74, 6) is 0. The van der Waals surface area contributed by atoms with Gasteiger partial charge in [-0.15, -0.1) is 0 Å². The number of hydrogen-bond donors (Lipinski definition) is 1. The summed E-state index contributed by atoms with van der Waals surface area (Å²) >= 11 is 0. The van der Waals surface area contributed by atoms with Crippen molar-refractivity contribution in [2.24, 2.45) is 0 Å². The highest BCUT2D eigenvalue weighted by molar-refractivity contribution is 5.69. The molecule has 2 N–H and O–H groups in total. The zero-order valence-corrected chi connectivity index (χ0v) is 11.3. The molecule has 1 rings (SSSR count). The predicted octanol–water partition coefficient (Wildman–Crippen LogP) is 3.15. The fourth-order valence-corrected chi connectivity index (χ4v) is 1.84. The fourth-order valence-electron chi connectivity index (χ4n) is 1.84. The first-order valence-electron chi connectivity index (χ1n) is 5.99. The molecule has 0 aliphatic heterocycles. The van der Waals surface area contributed by atoms with Gasteiger partial charge in [0.1, 0.15) is 0 Å². The molecule has 0 radical (unpaired) electrons. The van der Waals surface area contributed by atoms with Gasteiger partial charge in [0.2, 0.25) is 0 Å². The number of nitrogen functional groups attached to an aromatic ring is 1. The van der Waals surface area contributed by atoms with Crippen LogP contribution in [0.5, 0.6) is 0 Å². The second-order valence-electron chi connectivity index (χ2n) is 4.55. The van der Waals surface area contributed by atoms with Crippen molar-refractivity contribution in [1.82, 2.24) is 0 Å². The lowest BCUT2D eigenvalue weighted by Gasteiger charge is -2.30. The molecule has 1 aromatic rings. The van der Waals surface area contributed by atoms with Gasteiger partial charge < -0.3 is 15.4 Å². The standard InChI is InChI=1S/C13H19F3N2O/c1-9(2)18(6-7-19-3)12-5-4-10(8-11(12)17)13(14,15)16/h4-5,8-9H,6-7,17H2,1-3H3. The molecule has 1 aromatic carbocycles. The molecule has 0 atom stereocenters. The molecule has 0 saturated heterocycles. The van der Waals surface area contributed by atoms with Gasteiger partial charge in [-0.2, -0.15) is 13.2 Å². The van der Waals surface area contributed by atoms with Crippen molar-refractivity contribution in [1.29, 1.82) is 0 Å². The van der Waals surface area contributed by atoms with Gasteiger partial charge in [0.05, 0.1) is 23.5 Å². The van der Waals surface area contributed by atoms with E-state index in [1.807, 2.05) is 18.7 Å². The van der Waals surface area contributed by atoms with Gasteiger partial charge >= 0.3 is 6.18 Å². The minimum absolute atomic E-state index is 0.120. The van der Waals surface area contributed by atoms with E-state index in [1.54, 1.807) is 7.11 Å². The molecule has 0 aliphatic carbocycles. The maximum atomic E-state index is 12.6. The van der Waals surface area contributed by atoms with E-state index >= 15 is 0 Å². The number of nitrogens with two attached hydrogens (primary N) is 1. The Morgan fingerprint density at radius 1 is 1.32 bits per heavy atom. The summed E-state index contributed by atoms with van der Waals surface area (Å²) in [4.78, 5) is 1.92. The van der Waals surface area contributed by atoms with Gasteiger partial charge in [0, 0.05) is 19.7 Å². The molecule has 0 saturated carbocycles. The third kappa shape index (κ3) is 4.02. The van der Waals surface area contributed by atoms with Crippen LogP contribution >= 0.6 is 0 Å². The van der Waals surface area contributed by atoms with Crippen LogP contribution in [-0.4, -0.2) is 26.3 Å². The van der Waals surface area contributed by atoms with Crippen molar-refractivity contribution in [2.75, 3.05) is 30.9 Å². The summed E-state index contributed by atoms with van der Waals surface area (Å²) in [5.41, 5.74) is 5.74. The summed E-state index contributed by atoms with van der Waals surface area (Å²) in [7, 11) is 1.58. The highest BCUT2D eigenvalue weighted by Crippen LogP contribution is 2.34. The van der Waals surface area contributed by atoms with Gasteiger partial charge in [0.25, 0.3) is 0 Å². The lowest BCUT2D eigenvalue weighted by atomic mass is 10.1. The van der Waals surface area contributed by atoms with Gasteiger partial charge in [-0.3, -0.25) is 0 Å². The van der Waals surface area contributed by atoms with Crippen LogP contribution in [0.1, 0.15) is 19.4 Å². The van der Waals surface area contributed by atoms with E-state index in [1.165, 1.54) is 6.07 Å². The molecular weight excluding hydrogens is 257 g/mol. The second-order valence-corrected chi connectivity index (χ2v) is 4.55. The molecular formula is C13H19F3N2O. The molecule has 0 heterocycles. The summed E-state index contributed by atoms with van der Waals surface area (Å²) < 4.78 is 42.7. The van der Waals surface area contributed by atoms with E-state index in [0.29, 0.717) is 18.8 Å². The van der Waals surface area contributed by atoms with Crippen LogP contribution in [-0.2, 0) is 10.9 Å². The van der Waals surface area contributed by atoms with Crippen molar-refractivity contribution in [3.63, 3.8) is 0 Å². The van der Waals surface area contributed by atoms with E-state index < -0.39 is 11.7 Å². The fraction of sp³-hybridized carbons (Fsp3) is 0.538. The van der Waals surface area contributed by atoms with Crippen LogP contribution in [0.15, 0.2) is 18.2 Å². The highest BCUT2D eigenvalue weighted by atomic mass is 19.4. The first kappa shape index (κ1) is 15.6. The predicted molar refractivity (Wildman–Crippen MR) is 70.2 cm³/mol. The van der Waals surface area contributed by atoms with Crippen LogP contribution in [0.25, 0.3) is 0 Å². The Balaban J connectivity index is 3.05. The monoisotopic (exact) mass is 276 g/mol. The molecule has 6 heteroatoms. The van der Waals surface area contributed by atoms with E-state index in [0.717, 1.165) is 12.1 Å². The Bertz CT molecular complexity index is 419. The Morgan fingerprint density at radius 3 is 2.37 bits per heavy atom. The molecule has 0 bridgehead atoms. The number of hydrogen-bond acceptors (Lipinski definition) is 3. The molecule has 108 valence electrons. The third-order valence-electron chi connectivity index (χ3n) is 2.82. The molecule has 0 aromatic heterocycles. The molecule has 0 spiro atoms. The van der Waals surface area contributed by atoms with Crippen molar-refractivity contribution < 1.29 is 17.9 Å². The van der Waals surface area contributed by atoms with E-state index in [2.05, 4.69) is 0 Å². The molecule has 3 nitrogen and oxygen atoms in total. The van der Waals surface area contributed by atoms with Gasteiger partial charge in [-0.1, -0.05) is 0 Å². The molecule has 0 amide bonds. The SMILES string of the molecule is COCCN(c1ccc(C(F)(F)F)cc1N)C(C)C. The average Bonchev–Trinajstić information content (AvgIpc) is 2.29. The van der Waals surface area contributed by atoms with Crippen molar-refractivity contribution >= 4 is 11.4 Å². The quantitative estimate of drug-likeness (QED) is 0.840. The average molecular weight is 276 g/mol. The smallest absolute Gasteiger partial charge is 0.397 e. The zero-order chi connectivity index (χ0) is 14.6. The van der Waals surface area contributed by atoms with Crippen molar-refractivity contribution in [3.8, 4) is 0 Å². The number of anilines is 2. The highest BCUT2D eigenvalue weighted by Gasteiger charge is 2.31. The summed E-state index contributed by atoms with van der Waals surface area (Å²) in [6, 6.07) is 3.55. The third-order valence-corrected chi connectivity index (χ3v) is 2.82. The molecule has 0 unspecified atom stereocenters. The lowest BCUT2D eigenvalue weighted by Crippen LogP contribution is -2.34. The number of ether oxygens (including phenoxy) is 1. The molecule has 0 aliphatic rings. The van der Waals surface area contributed by atoms with Crippen LogP contribution in [0, 0.1) is 0 Å². The minimum Gasteiger partial charge on any atom is -0.397 e. The number of alkyl halides is 3.